The van der Waals surface area contributed by atoms with Crippen molar-refractivity contribution in [3.05, 3.63) is 35.4 Å². The summed E-state index contributed by atoms with van der Waals surface area (Å²) in [6, 6.07) is 9.44. The number of hydrogen-bond acceptors (Lipinski definition) is 2. The molecule has 2 nitrogen and oxygen atoms in total. The second-order valence-electron chi connectivity index (χ2n) is 2.23. The fourth-order valence-corrected chi connectivity index (χ4v) is 0.704. The van der Waals surface area contributed by atoms with Crippen molar-refractivity contribution in [2.75, 3.05) is 7.11 Å². The second-order valence-corrected chi connectivity index (χ2v) is 2.66. The van der Waals surface area contributed by atoms with Crippen molar-refractivity contribution in [3.8, 4) is 0 Å². The van der Waals surface area contributed by atoms with Gasteiger partial charge in [-0.25, -0.2) is 0 Å². The van der Waals surface area contributed by atoms with Crippen LogP contribution in [0.5, 0.6) is 0 Å². The summed E-state index contributed by atoms with van der Waals surface area (Å²) in [4.78, 5) is 9.96. The van der Waals surface area contributed by atoms with E-state index in [-0.39, 0.29) is 5.97 Å². The van der Waals surface area contributed by atoms with Crippen LogP contribution in [0, 0.1) is 0 Å². The van der Waals surface area contributed by atoms with Gasteiger partial charge < -0.3 is 4.74 Å². The number of ether oxygens (including phenoxy) is 1. The number of methoxy groups -OCH3 is 1. The van der Waals surface area contributed by atoms with Crippen LogP contribution in [0.2, 0.25) is 5.02 Å². The van der Waals surface area contributed by atoms with Gasteiger partial charge in [-0.3, -0.25) is 4.79 Å². The molecular formula is C10H13ClO2. The molecule has 0 heterocycles. The molecule has 0 unspecified atom stereocenters. The molecular weight excluding hydrogens is 188 g/mol. The van der Waals surface area contributed by atoms with Crippen molar-refractivity contribution >= 4 is 17.6 Å². The summed E-state index contributed by atoms with van der Waals surface area (Å²) in [5, 5.41) is 0.794. The van der Waals surface area contributed by atoms with Crippen LogP contribution < -0.4 is 0 Å². The zero-order valence-corrected chi connectivity index (χ0v) is 8.54. The Hall–Kier alpha value is -1.02. The summed E-state index contributed by atoms with van der Waals surface area (Å²) >= 11 is 5.54. The van der Waals surface area contributed by atoms with Crippen LogP contribution in [0.4, 0.5) is 0 Å². The number of carbonyl (C=O) groups is 1. The molecule has 0 radical (unpaired) electrons. The van der Waals surface area contributed by atoms with E-state index in [0.717, 1.165) is 5.02 Å². The summed E-state index contributed by atoms with van der Waals surface area (Å²) < 4.78 is 4.26. The first kappa shape index (κ1) is 12.0. The highest BCUT2D eigenvalue weighted by Gasteiger charge is 1.87. The van der Waals surface area contributed by atoms with Gasteiger partial charge in [-0.05, 0) is 12.1 Å². The Bertz CT molecular complexity index is 228. The van der Waals surface area contributed by atoms with E-state index in [1.165, 1.54) is 7.11 Å². The maximum atomic E-state index is 9.96. The SMILES string of the molecule is CCC(=O)OC.Clc1ccccc1. The van der Waals surface area contributed by atoms with Gasteiger partial charge in [0.25, 0.3) is 0 Å². The Labute approximate surface area is 83.5 Å². The zero-order valence-electron chi connectivity index (χ0n) is 7.79. The largest absolute Gasteiger partial charge is 0.469 e. The molecule has 0 N–H and O–H groups in total. The smallest absolute Gasteiger partial charge is 0.305 e. The number of benzene rings is 1. The molecule has 72 valence electrons. The molecule has 1 aromatic rings. The molecule has 3 heteroatoms. The zero-order chi connectivity index (χ0) is 10.1. The van der Waals surface area contributed by atoms with Crippen molar-refractivity contribution in [2.24, 2.45) is 0 Å². The van der Waals surface area contributed by atoms with E-state index in [4.69, 9.17) is 11.6 Å². The molecule has 1 aromatic carbocycles. The lowest BCUT2D eigenvalue weighted by Gasteiger charge is -1.87. The molecule has 0 atom stereocenters. The fourth-order valence-electron chi connectivity index (χ4n) is 0.559. The van der Waals surface area contributed by atoms with Crippen molar-refractivity contribution in [3.63, 3.8) is 0 Å². The Morgan fingerprint density at radius 2 is 1.92 bits per heavy atom. The average Bonchev–Trinajstić information content (AvgIpc) is 2.19. The van der Waals surface area contributed by atoms with Gasteiger partial charge in [-0.1, -0.05) is 36.7 Å². The summed E-state index contributed by atoms with van der Waals surface area (Å²) in [5.41, 5.74) is 0. The average molecular weight is 201 g/mol. The maximum absolute atomic E-state index is 9.96. The van der Waals surface area contributed by atoms with Gasteiger partial charge >= 0.3 is 5.97 Å². The van der Waals surface area contributed by atoms with Gasteiger partial charge in [0.2, 0.25) is 0 Å². The molecule has 0 aliphatic carbocycles. The lowest BCUT2D eigenvalue weighted by molar-refractivity contribution is -0.140. The number of esters is 1. The third kappa shape index (κ3) is 7.34. The van der Waals surface area contributed by atoms with Gasteiger partial charge in [-0.2, -0.15) is 0 Å². The van der Waals surface area contributed by atoms with E-state index in [1.807, 2.05) is 30.3 Å². The lowest BCUT2D eigenvalue weighted by Crippen LogP contribution is -1.94. The Morgan fingerprint density at radius 1 is 1.38 bits per heavy atom. The molecule has 0 bridgehead atoms. The second kappa shape index (κ2) is 7.62. The highest BCUT2D eigenvalue weighted by atomic mass is 35.5. The van der Waals surface area contributed by atoms with E-state index in [0.29, 0.717) is 6.42 Å². The summed E-state index contributed by atoms with van der Waals surface area (Å²) in [6.45, 7) is 1.76. The molecule has 0 aliphatic rings. The summed E-state index contributed by atoms with van der Waals surface area (Å²) in [6.07, 6.45) is 0.469. The Kier molecular flexibility index (Phi) is 7.02. The first-order valence-electron chi connectivity index (χ1n) is 3.98. The van der Waals surface area contributed by atoms with E-state index in [9.17, 15) is 4.79 Å². The predicted molar refractivity (Wildman–Crippen MR) is 53.8 cm³/mol. The minimum Gasteiger partial charge on any atom is -0.469 e. The topological polar surface area (TPSA) is 26.3 Å². The van der Waals surface area contributed by atoms with E-state index in [1.54, 1.807) is 6.92 Å². The van der Waals surface area contributed by atoms with Crippen LogP contribution in [0.15, 0.2) is 30.3 Å². The lowest BCUT2D eigenvalue weighted by atomic mass is 10.4. The normalized spacial score (nSPS) is 8.23. The maximum Gasteiger partial charge on any atom is 0.305 e. The molecule has 0 spiro atoms. The van der Waals surface area contributed by atoms with Crippen molar-refractivity contribution in [1.82, 2.24) is 0 Å². The Balaban J connectivity index is 0.000000226. The minimum absolute atomic E-state index is 0.157. The minimum atomic E-state index is -0.157. The molecule has 1 rings (SSSR count). The highest BCUT2D eigenvalue weighted by molar-refractivity contribution is 6.30. The van der Waals surface area contributed by atoms with Crippen LogP contribution >= 0.6 is 11.6 Å². The summed E-state index contributed by atoms with van der Waals surface area (Å²) in [7, 11) is 1.38. The van der Waals surface area contributed by atoms with E-state index in [2.05, 4.69) is 4.74 Å². The predicted octanol–water partition coefficient (Wildman–Crippen LogP) is 2.91. The van der Waals surface area contributed by atoms with E-state index < -0.39 is 0 Å². The van der Waals surface area contributed by atoms with Crippen molar-refractivity contribution in [1.29, 1.82) is 0 Å². The first-order valence-corrected chi connectivity index (χ1v) is 4.35. The first-order chi connectivity index (χ1) is 6.20. The number of halogens is 1. The molecule has 0 saturated heterocycles. The van der Waals surface area contributed by atoms with E-state index >= 15 is 0 Å². The molecule has 13 heavy (non-hydrogen) atoms. The van der Waals surface area contributed by atoms with Crippen LogP contribution in [0.25, 0.3) is 0 Å². The Morgan fingerprint density at radius 3 is 2.08 bits per heavy atom. The summed E-state index contributed by atoms with van der Waals surface area (Å²) in [5.74, 6) is -0.157. The number of rotatable bonds is 1. The van der Waals surface area contributed by atoms with Crippen LogP contribution in [-0.2, 0) is 9.53 Å². The van der Waals surface area contributed by atoms with Gasteiger partial charge in [0, 0.05) is 11.4 Å². The molecule has 0 amide bonds. The van der Waals surface area contributed by atoms with Crippen molar-refractivity contribution in [2.45, 2.75) is 13.3 Å². The van der Waals surface area contributed by atoms with Gasteiger partial charge in [0.05, 0.1) is 7.11 Å². The van der Waals surface area contributed by atoms with Gasteiger partial charge in [0.15, 0.2) is 0 Å². The third-order valence-electron chi connectivity index (χ3n) is 1.25. The number of carbonyl (C=O) groups excluding carboxylic acids is 1. The monoisotopic (exact) mass is 200 g/mol. The fraction of sp³-hybridized carbons (Fsp3) is 0.300. The van der Waals surface area contributed by atoms with Crippen LogP contribution in [0.3, 0.4) is 0 Å². The third-order valence-corrected chi connectivity index (χ3v) is 1.50. The van der Waals surface area contributed by atoms with Gasteiger partial charge in [-0.15, -0.1) is 0 Å². The molecule has 0 fully saturated rings. The van der Waals surface area contributed by atoms with Crippen LogP contribution in [-0.4, -0.2) is 13.1 Å². The quantitative estimate of drug-likeness (QED) is 0.652. The molecule has 0 aliphatic heterocycles. The van der Waals surface area contributed by atoms with Crippen LogP contribution in [0.1, 0.15) is 13.3 Å². The molecule has 0 saturated carbocycles. The number of hydrogen-bond donors (Lipinski definition) is 0. The standard InChI is InChI=1S/C6H5Cl.C4H8O2/c7-6-4-2-1-3-5-6;1-3-4(5)6-2/h1-5H;3H2,1-2H3. The highest BCUT2D eigenvalue weighted by Crippen LogP contribution is 2.03. The van der Waals surface area contributed by atoms with Gasteiger partial charge in [0.1, 0.15) is 0 Å². The molecule has 0 aromatic heterocycles. The van der Waals surface area contributed by atoms with Crippen molar-refractivity contribution < 1.29 is 9.53 Å².